The van der Waals surface area contributed by atoms with Crippen LogP contribution in [0.4, 0.5) is 0 Å². The Morgan fingerprint density at radius 2 is 2.00 bits per heavy atom. The van der Waals surface area contributed by atoms with E-state index in [9.17, 15) is 9.90 Å². The van der Waals surface area contributed by atoms with Crippen LogP contribution in [0.3, 0.4) is 0 Å². The number of likely N-dealkylation sites (N-methyl/N-ethyl adjacent to an activating group) is 1. The third-order valence-electron chi connectivity index (χ3n) is 3.25. The summed E-state index contributed by atoms with van der Waals surface area (Å²) in [6, 6.07) is 0. The number of carboxylic acids is 1. The molecule has 0 heterocycles. The van der Waals surface area contributed by atoms with E-state index in [0.717, 1.165) is 12.8 Å². The van der Waals surface area contributed by atoms with Gasteiger partial charge in [-0.05, 0) is 31.7 Å². The largest absolute Gasteiger partial charge is 0.480 e. The van der Waals surface area contributed by atoms with Crippen molar-refractivity contribution in [2.75, 3.05) is 33.5 Å². The van der Waals surface area contributed by atoms with E-state index in [1.54, 1.807) is 7.05 Å². The Bertz CT molecular complexity index is 266. The standard InChI is InChI=1S/C13H25NO4/c1-10(2)8-17-6-7-18-9-13(14-3,12(15)16)11-4-5-11/h10-11,14H,4-9H2,1-3H3,(H,15,16). The molecule has 1 fully saturated rings. The zero-order chi connectivity index (χ0) is 13.6. The van der Waals surface area contributed by atoms with Crippen molar-refractivity contribution >= 4 is 5.97 Å². The second-order valence-electron chi connectivity index (χ2n) is 5.32. The molecule has 1 aliphatic rings. The molecule has 1 atom stereocenters. The van der Waals surface area contributed by atoms with E-state index in [4.69, 9.17) is 9.47 Å². The molecule has 0 amide bonds. The van der Waals surface area contributed by atoms with Gasteiger partial charge in [-0.1, -0.05) is 13.8 Å². The number of aliphatic carboxylic acids is 1. The van der Waals surface area contributed by atoms with Gasteiger partial charge in [0.15, 0.2) is 0 Å². The van der Waals surface area contributed by atoms with Crippen LogP contribution in [0.15, 0.2) is 0 Å². The molecular weight excluding hydrogens is 234 g/mol. The lowest BCUT2D eigenvalue weighted by atomic mass is 9.95. The van der Waals surface area contributed by atoms with Gasteiger partial charge in [0.1, 0.15) is 5.54 Å². The summed E-state index contributed by atoms with van der Waals surface area (Å²) in [7, 11) is 1.69. The third-order valence-corrected chi connectivity index (χ3v) is 3.25. The van der Waals surface area contributed by atoms with E-state index in [2.05, 4.69) is 19.2 Å². The predicted molar refractivity (Wildman–Crippen MR) is 68.6 cm³/mol. The molecule has 5 nitrogen and oxygen atoms in total. The van der Waals surface area contributed by atoms with E-state index in [0.29, 0.717) is 25.7 Å². The molecule has 1 unspecified atom stereocenters. The Hall–Kier alpha value is -0.650. The topological polar surface area (TPSA) is 67.8 Å². The van der Waals surface area contributed by atoms with Crippen LogP contribution in [0.1, 0.15) is 26.7 Å². The molecule has 1 rings (SSSR count). The number of hydrogen-bond donors (Lipinski definition) is 2. The van der Waals surface area contributed by atoms with Crippen molar-refractivity contribution in [2.24, 2.45) is 11.8 Å². The molecule has 0 radical (unpaired) electrons. The fourth-order valence-electron chi connectivity index (χ4n) is 1.98. The highest BCUT2D eigenvalue weighted by molar-refractivity contribution is 5.80. The van der Waals surface area contributed by atoms with E-state index < -0.39 is 11.5 Å². The van der Waals surface area contributed by atoms with Crippen LogP contribution in [0.2, 0.25) is 0 Å². The van der Waals surface area contributed by atoms with Crippen LogP contribution in [0.25, 0.3) is 0 Å². The molecule has 0 spiro atoms. The number of carboxylic acid groups (broad SMARTS) is 1. The first-order valence-electron chi connectivity index (χ1n) is 6.60. The summed E-state index contributed by atoms with van der Waals surface area (Å²) >= 11 is 0. The molecule has 0 bridgehead atoms. The van der Waals surface area contributed by atoms with Crippen LogP contribution in [-0.2, 0) is 14.3 Å². The highest BCUT2D eigenvalue weighted by Gasteiger charge is 2.50. The fraction of sp³-hybridized carbons (Fsp3) is 0.923. The maximum atomic E-state index is 11.4. The zero-order valence-corrected chi connectivity index (χ0v) is 11.6. The van der Waals surface area contributed by atoms with Gasteiger partial charge >= 0.3 is 5.97 Å². The lowest BCUT2D eigenvalue weighted by molar-refractivity contribution is -0.149. The Morgan fingerprint density at radius 1 is 1.39 bits per heavy atom. The van der Waals surface area contributed by atoms with Gasteiger partial charge in [0.05, 0.1) is 19.8 Å². The minimum Gasteiger partial charge on any atom is -0.480 e. The van der Waals surface area contributed by atoms with Gasteiger partial charge in [0.25, 0.3) is 0 Å². The first kappa shape index (κ1) is 15.4. The average Bonchev–Trinajstić information content (AvgIpc) is 3.12. The lowest BCUT2D eigenvalue weighted by Gasteiger charge is -2.28. The molecule has 0 aromatic heterocycles. The van der Waals surface area contributed by atoms with Crippen molar-refractivity contribution in [3.8, 4) is 0 Å². The summed E-state index contributed by atoms with van der Waals surface area (Å²) < 4.78 is 10.9. The molecule has 18 heavy (non-hydrogen) atoms. The van der Waals surface area contributed by atoms with Gasteiger partial charge < -0.3 is 19.9 Å². The third kappa shape index (κ3) is 4.23. The quantitative estimate of drug-likeness (QED) is 0.576. The summed E-state index contributed by atoms with van der Waals surface area (Å²) in [6.07, 6.45) is 1.92. The highest BCUT2D eigenvalue weighted by atomic mass is 16.5. The first-order chi connectivity index (χ1) is 8.53. The number of nitrogens with one attached hydrogen (secondary N) is 1. The van der Waals surface area contributed by atoms with Crippen molar-refractivity contribution < 1.29 is 19.4 Å². The lowest BCUT2D eigenvalue weighted by Crippen LogP contribution is -2.56. The van der Waals surface area contributed by atoms with Crippen LogP contribution >= 0.6 is 0 Å². The van der Waals surface area contributed by atoms with Crippen LogP contribution in [0.5, 0.6) is 0 Å². The Labute approximate surface area is 109 Å². The molecule has 5 heteroatoms. The van der Waals surface area contributed by atoms with Gasteiger partial charge in [-0.25, -0.2) is 0 Å². The van der Waals surface area contributed by atoms with Gasteiger partial charge in [0.2, 0.25) is 0 Å². The van der Waals surface area contributed by atoms with Crippen LogP contribution in [0, 0.1) is 11.8 Å². The normalized spacial score (nSPS) is 18.9. The molecule has 0 aromatic carbocycles. The van der Waals surface area contributed by atoms with E-state index >= 15 is 0 Å². The van der Waals surface area contributed by atoms with Crippen molar-refractivity contribution in [3.05, 3.63) is 0 Å². The number of rotatable bonds is 10. The summed E-state index contributed by atoms with van der Waals surface area (Å²) in [5, 5.41) is 12.3. The van der Waals surface area contributed by atoms with E-state index in [1.807, 2.05) is 0 Å². The maximum absolute atomic E-state index is 11.4. The van der Waals surface area contributed by atoms with Crippen molar-refractivity contribution in [3.63, 3.8) is 0 Å². The number of carbonyl (C=O) groups is 1. The summed E-state index contributed by atoms with van der Waals surface area (Å²) in [4.78, 5) is 11.4. The van der Waals surface area contributed by atoms with Crippen LogP contribution < -0.4 is 5.32 Å². The molecule has 0 saturated heterocycles. The predicted octanol–water partition coefficient (Wildman–Crippen LogP) is 1.13. The minimum atomic E-state index is -0.919. The fourth-order valence-corrected chi connectivity index (χ4v) is 1.98. The Balaban J connectivity index is 2.24. The van der Waals surface area contributed by atoms with Crippen molar-refractivity contribution in [2.45, 2.75) is 32.2 Å². The first-order valence-corrected chi connectivity index (χ1v) is 6.60. The summed E-state index contributed by atoms with van der Waals surface area (Å²) in [6.45, 7) is 6.05. The monoisotopic (exact) mass is 259 g/mol. The smallest absolute Gasteiger partial charge is 0.326 e. The second-order valence-corrected chi connectivity index (χ2v) is 5.32. The molecule has 0 aromatic rings. The SMILES string of the molecule is CNC(COCCOCC(C)C)(C(=O)O)C1CC1. The average molecular weight is 259 g/mol. The molecular formula is C13H25NO4. The number of ether oxygens (including phenoxy) is 2. The molecule has 106 valence electrons. The highest BCUT2D eigenvalue weighted by Crippen LogP contribution is 2.40. The Morgan fingerprint density at radius 3 is 2.44 bits per heavy atom. The minimum absolute atomic E-state index is 0.191. The van der Waals surface area contributed by atoms with Crippen molar-refractivity contribution in [1.29, 1.82) is 0 Å². The molecule has 1 saturated carbocycles. The summed E-state index contributed by atoms with van der Waals surface area (Å²) in [5.41, 5.74) is -0.919. The van der Waals surface area contributed by atoms with E-state index in [-0.39, 0.29) is 12.5 Å². The maximum Gasteiger partial charge on any atom is 0.326 e. The molecule has 2 N–H and O–H groups in total. The van der Waals surface area contributed by atoms with E-state index in [1.165, 1.54) is 0 Å². The molecule has 0 aliphatic heterocycles. The van der Waals surface area contributed by atoms with Gasteiger partial charge in [-0.3, -0.25) is 4.79 Å². The van der Waals surface area contributed by atoms with Crippen molar-refractivity contribution in [1.82, 2.24) is 5.32 Å². The Kier molecular flexibility index (Phi) is 6.05. The summed E-state index contributed by atoms with van der Waals surface area (Å²) in [5.74, 6) is -0.126. The van der Waals surface area contributed by atoms with Gasteiger partial charge in [-0.15, -0.1) is 0 Å². The van der Waals surface area contributed by atoms with Gasteiger partial charge in [0, 0.05) is 6.61 Å². The van der Waals surface area contributed by atoms with Gasteiger partial charge in [-0.2, -0.15) is 0 Å². The molecule has 1 aliphatic carbocycles. The number of hydrogen-bond acceptors (Lipinski definition) is 4. The van der Waals surface area contributed by atoms with Crippen LogP contribution in [-0.4, -0.2) is 50.1 Å². The second kappa shape index (κ2) is 7.07. The zero-order valence-electron chi connectivity index (χ0n) is 11.6.